The van der Waals surface area contributed by atoms with Gasteiger partial charge in [-0.25, -0.2) is 4.98 Å². The molecule has 1 aromatic heterocycles. The van der Waals surface area contributed by atoms with E-state index in [-0.39, 0.29) is 12.3 Å². The normalized spacial score (nSPS) is 22.0. The molecular weight excluding hydrogens is 304 g/mol. The minimum Gasteiger partial charge on any atom is -0.388 e. The lowest BCUT2D eigenvalue weighted by molar-refractivity contribution is -0.128. The molecule has 2 heterocycles. The van der Waals surface area contributed by atoms with Gasteiger partial charge in [0.1, 0.15) is 5.82 Å². The van der Waals surface area contributed by atoms with Crippen LogP contribution >= 0.6 is 0 Å². The average Bonchev–Trinajstić information content (AvgIpc) is 2.89. The Hall–Kier alpha value is -1.92. The highest BCUT2D eigenvalue weighted by Gasteiger charge is 2.35. The molecule has 6 nitrogen and oxygen atoms in total. The highest BCUT2D eigenvalue weighted by molar-refractivity contribution is 5.76. The number of carbonyl (C=O) groups is 1. The SMILES string of the molecule is CNC(=O)CC1(O)CCCN(CCc2nc3ccccc3n2C)C1. The summed E-state index contributed by atoms with van der Waals surface area (Å²) in [5.41, 5.74) is 1.25. The second-order valence-electron chi connectivity index (χ2n) is 6.78. The zero-order valence-corrected chi connectivity index (χ0v) is 14.5. The van der Waals surface area contributed by atoms with Crippen molar-refractivity contribution in [2.75, 3.05) is 26.7 Å². The number of likely N-dealkylation sites (tertiary alicyclic amines) is 1. The Morgan fingerprint density at radius 2 is 2.21 bits per heavy atom. The smallest absolute Gasteiger partial charge is 0.222 e. The van der Waals surface area contributed by atoms with Crippen LogP contribution in [0, 0.1) is 0 Å². The average molecular weight is 330 g/mol. The summed E-state index contributed by atoms with van der Waals surface area (Å²) in [7, 11) is 3.65. The zero-order chi connectivity index (χ0) is 17.2. The minimum absolute atomic E-state index is 0.102. The molecule has 2 aromatic rings. The number of nitrogens with zero attached hydrogens (tertiary/aromatic N) is 3. The fourth-order valence-electron chi connectivity index (χ4n) is 3.61. The number of para-hydroxylation sites is 2. The maximum absolute atomic E-state index is 11.6. The van der Waals surface area contributed by atoms with Crippen molar-refractivity contribution in [2.45, 2.75) is 31.3 Å². The minimum atomic E-state index is -0.912. The first-order valence-electron chi connectivity index (χ1n) is 8.56. The van der Waals surface area contributed by atoms with Crippen LogP contribution in [-0.4, -0.2) is 57.7 Å². The molecule has 1 unspecified atom stereocenters. The molecule has 1 amide bonds. The van der Waals surface area contributed by atoms with Crippen LogP contribution in [0.1, 0.15) is 25.1 Å². The predicted octanol–water partition coefficient (Wildman–Crippen LogP) is 1.08. The Morgan fingerprint density at radius 3 is 2.96 bits per heavy atom. The van der Waals surface area contributed by atoms with E-state index in [4.69, 9.17) is 4.98 Å². The molecular formula is C18H26N4O2. The van der Waals surface area contributed by atoms with E-state index in [9.17, 15) is 9.90 Å². The molecule has 0 saturated carbocycles. The van der Waals surface area contributed by atoms with Crippen molar-refractivity contribution in [3.8, 4) is 0 Å². The van der Waals surface area contributed by atoms with Crippen LogP contribution in [0.15, 0.2) is 24.3 Å². The fraction of sp³-hybridized carbons (Fsp3) is 0.556. The molecule has 1 aliphatic rings. The van der Waals surface area contributed by atoms with Crippen LogP contribution in [0.4, 0.5) is 0 Å². The highest BCUT2D eigenvalue weighted by atomic mass is 16.3. The summed E-state index contributed by atoms with van der Waals surface area (Å²) in [5, 5.41) is 13.3. The lowest BCUT2D eigenvalue weighted by Gasteiger charge is -2.38. The van der Waals surface area contributed by atoms with Crippen LogP contribution < -0.4 is 5.32 Å². The molecule has 0 bridgehead atoms. The molecule has 3 rings (SSSR count). The number of fused-ring (bicyclic) bond motifs is 1. The number of aryl methyl sites for hydroxylation is 1. The van der Waals surface area contributed by atoms with Gasteiger partial charge in [-0.1, -0.05) is 12.1 Å². The quantitative estimate of drug-likeness (QED) is 0.861. The number of rotatable bonds is 5. The van der Waals surface area contributed by atoms with Crippen molar-refractivity contribution in [1.29, 1.82) is 0 Å². The van der Waals surface area contributed by atoms with Gasteiger partial charge < -0.3 is 19.9 Å². The molecule has 1 aromatic carbocycles. The first kappa shape index (κ1) is 16.9. The summed E-state index contributed by atoms with van der Waals surface area (Å²) < 4.78 is 2.13. The van der Waals surface area contributed by atoms with Gasteiger partial charge in [-0.15, -0.1) is 0 Å². The van der Waals surface area contributed by atoms with Crippen LogP contribution in [0.3, 0.4) is 0 Å². The molecule has 24 heavy (non-hydrogen) atoms. The maximum Gasteiger partial charge on any atom is 0.222 e. The third-order valence-electron chi connectivity index (χ3n) is 4.93. The fourth-order valence-corrected chi connectivity index (χ4v) is 3.61. The second kappa shape index (κ2) is 6.91. The highest BCUT2D eigenvalue weighted by Crippen LogP contribution is 2.25. The van der Waals surface area contributed by atoms with Crippen molar-refractivity contribution >= 4 is 16.9 Å². The summed E-state index contributed by atoms with van der Waals surface area (Å²) in [4.78, 5) is 18.6. The van der Waals surface area contributed by atoms with Crippen molar-refractivity contribution in [1.82, 2.24) is 19.8 Å². The third-order valence-corrected chi connectivity index (χ3v) is 4.93. The summed E-state index contributed by atoms with van der Waals surface area (Å²) in [6, 6.07) is 8.14. The lowest BCUT2D eigenvalue weighted by Crippen LogP contribution is -2.50. The van der Waals surface area contributed by atoms with E-state index in [1.54, 1.807) is 7.05 Å². The molecule has 130 valence electrons. The van der Waals surface area contributed by atoms with Crippen LogP contribution in [0.25, 0.3) is 11.0 Å². The number of amides is 1. The Kier molecular flexibility index (Phi) is 4.87. The van der Waals surface area contributed by atoms with Crippen molar-refractivity contribution in [2.24, 2.45) is 7.05 Å². The van der Waals surface area contributed by atoms with E-state index in [0.29, 0.717) is 13.0 Å². The molecule has 2 N–H and O–H groups in total. The van der Waals surface area contributed by atoms with Crippen LogP contribution in [0.2, 0.25) is 0 Å². The number of nitrogens with one attached hydrogen (secondary N) is 1. The van der Waals surface area contributed by atoms with E-state index in [0.717, 1.165) is 42.8 Å². The van der Waals surface area contributed by atoms with Gasteiger partial charge in [0.2, 0.25) is 5.91 Å². The Labute approximate surface area is 142 Å². The van der Waals surface area contributed by atoms with Crippen molar-refractivity contribution in [3.63, 3.8) is 0 Å². The van der Waals surface area contributed by atoms with E-state index < -0.39 is 5.60 Å². The molecule has 0 radical (unpaired) electrons. The topological polar surface area (TPSA) is 70.4 Å². The van der Waals surface area contributed by atoms with Gasteiger partial charge in [0.25, 0.3) is 0 Å². The van der Waals surface area contributed by atoms with E-state index in [1.165, 1.54) is 0 Å². The first-order chi connectivity index (χ1) is 11.5. The van der Waals surface area contributed by atoms with E-state index in [2.05, 4.69) is 20.9 Å². The van der Waals surface area contributed by atoms with Gasteiger partial charge in [-0.3, -0.25) is 4.79 Å². The summed E-state index contributed by atoms with van der Waals surface area (Å²) in [5.74, 6) is 0.950. The van der Waals surface area contributed by atoms with Gasteiger partial charge in [-0.05, 0) is 31.5 Å². The number of piperidine rings is 1. The molecule has 1 aliphatic heterocycles. The van der Waals surface area contributed by atoms with Crippen molar-refractivity contribution in [3.05, 3.63) is 30.1 Å². The number of hydrogen-bond donors (Lipinski definition) is 2. The molecule has 1 saturated heterocycles. The van der Waals surface area contributed by atoms with Gasteiger partial charge in [-0.2, -0.15) is 0 Å². The molecule has 1 fully saturated rings. The number of aromatic nitrogens is 2. The molecule has 6 heteroatoms. The van der Waals surface area contributed by atoms with Crippen LogP contribution in [-0.2, 0) is 18.3 Å². The van der Waals surface area contributed by atoms with Gasteiger partial charge in [0, 0.05) is 33.6 Å². The predicted molar refractivity (Wildman–Crippen MR) is 93.7 cm³/mol. The number of carbonyl (C=O) groups excluding carboxylic acids is 1. The van der Waals surface area contributed by atoms with Crippen molar-refractivity contribution < 1.29 is 9.90 Å². The second-order valence-corrected chi connectivity index (χ2v) is 6.78. The number of benzene rings is 1. The van der Waals surface area contributed by atoms with E-state index >= 15 is 0 Å². The summed E-state index contributed by atoms with van der Waals surface area (Å²) >= 11 is 0. The van der Waals surface area contributed by atoms with Crippen LogP contribution in [0.5, 0.6) is 0 Å². The Balaban J connectivity index is 1.63. The maximum atomic E-state index is 11.6. The first-order valence-corrected chi connectivity index (χ1v) is 8.56. The molecule has 0 spiro atoms. The monoisotopic (exact) mass is 330 g/mol. The lowest BCUT2D eigenvalue weighted by atomic mass is 9.89. The Morgan fingerprint density at radius 1 is 1.42 bits per heavy atom. The zero-order valence-electron chi connectivity index (χ0n) is 14.5. The summed E-state index contributed by atoms with van der Waals surface area (Å²) in [6.07, 6.45) is 2.60. The van der Waals surface area contributed by atoms with Gasteiger partial charge >= 0.3 is 0 Å². The van der Waals surface area contributed by atoms with E-state index in [1.807, 2.05) is 25.2 Å². The molecule has 0 aliphatic carbocycles. The number of β-amino-alcohol motifs (C(OH)–C–C–N with tert-alkyl or cyclic N) is 1. The Bertz CT molecular complexity index is 727. The third kappa shape index (κ3) is 3.60. The van der Waals surface area contributed by atoms with Gasteiger partial charge in [0.15, 0.2) is 0 Å². The molecule has 1 atom stereocenters. The standard InChI is InChI=1S/C18H26N4O2/c1-19-17(23)12-18(24)9-5-10-22(13-18)11-8-16-20-14-6-3-4-7-15(14)21(16)2/h3-4,6-7,24H,5,8-13H2,1-2H3,(H,19,23). The number of imidazole rings is 1. The summed E-state index contributed by atoms with van der Waals surface area (Å²) in [6.45, 7) is 2.34. The number of aliphatic hydroxyl groups is 1. The largest absolute Gasteiger partial charge is 0.388 e. The van der Waals surface area contributed by atoms with Gasteiger partial charge in [0.05, 0.1) is 23.1 Å². The number of hydrogen-bond acceptors (Lipinski definition) is 4.